The molecule has 0 saturated heterocycles. The van der Waals surface area contributed by atoms with Crippen LogP contribution in [0.5, 0.6) is 0 Å². The fourth-order valence-electron chi connectivity index (χ4n) is 3.96. The van der Waals surface area contributed by atoms with Gasteiger partial charge in [-0.3, -0.25) is 4.79 Å². The topological polar surface area (TPSA) is 120 Å². The number of nitrogens with one attached hydrogen (secondary N) is 1. The SMILES string of the molecule is CCCCCCOC(=O)N(C(N)=S)[C@H]1CC(C(=O)OCC)=C[C@@H](OC(CC)CC)[C@@H]1NC(C)=O. The number of carbonyl (C=O) groups is 3. The molecule has 1 aliphatic rings. The molecule has 2 amide bonds. The molecule has 9 nitrogen and oxygen atoms in total. The summed E-state index contributed by atoms with van der Waals surface area (Å²) in [4.78, 5) is 38.9. The third-order valence-electron chi connectivity index (χ3n) is 5.72. The minimum absolute atomic E-state index is 0.0782. The summed E-state index contributed by atoms with van der Waals surface area (Å²) in [6, 6.07) is -1.47. The summed E-state index contributed by atoms with van der Waals surface area (Å²) < 4.78 is 16.9. The molecule has 0 saturated carbocycles. The first-order valence-corrected chi connectivity index (χ1v) is 12.7. The number of rotatable bonds is 13. The molecule has 0 aromatic heterocycles. The Kier molecular flexibility index (Phi) is 13.7. The average Bonchev–Trinajstić information content (AvgIpc) is 2.78. The van der Waals surface area contributed by atoms with Crippen molar-refractivity contribution in [3.8, 4) is 0 Å². The van der Waals surface area contributed by atoms with E-state index in [9.17, 15) is 14.4 Å². The first-order valence-electron chi connectivity index (χ1n) is 12.3. The molecule has 0 radical (unpaired) electrons. The molecular formula is C24H41N3O6S. The minimum atomic E-state index is -0.784. The number of unbranched alkanes of at least 4 members (excludes halogenated alkanes) is 3. The number of nitrogens with zero attached hydrogens (tertiary/aromatic N) is 1. The van der Waals surface area contributed by atoms with Crippen molar-refractivity contribution in [2.75, 3.05) is 13.2 Å². The van der Waals surface area contributed by atoms with Crippen LogP contribution in [0.15, 0.2) is 11.6 Å². The van der Waals surface area contributed by atoms with Crippen LogP contribution in [0.2, 0.25) is 0 Å². The van der Waals surface area contributed by atoms with Crippen molar-refractivity contribution < 1.29 is 28.6 Å². The molecule has 0 aromatic rings. The second kappa shape index (κ2) is 15.7. The Morgan fingerprint density at radius 1 is 1.15 bits per heavy atom. The number of amides is 2. The van der Waals surface area contributed by atoms with Gasteiger partial charge >= 0.3 is 12.1 Å². The van der Waals surface area contributed by atoms with Crippen molar-refractivity contribution in [1.82, 2.24) is 10.2 Å². The van der Waals surface area contributed by atoms with Crippen LogP contribution in [0.3, 0.4) is 0 Å². The first kappa shape index (κ1) is 29.8. The van der Waals surface area contributed by atoms with Gasteiger partial charge in [0.25, 0.3) is 0 Å². The molecule has 0 heterocycles. The van der Waals surface area contributed by atoms with Crippen LogP contribution >= 0.6 is 12.2 Å². The van der Waals surface area contributed by atoms with E-state index in [1.54, 1.807) is 13.0 Å². The maximum atomic E-state index is 13.0. The molecule has 10 heteroatoms. The molecule has 0 unspecified atom stereocenters. The summed E-state index contributed by atoms with van der Waals surface area (Å²) in [5.74, 6) is -0.820. The van der Waals surface area contributed by atoms with Crippen molar-refractivity contribution in [3.63, 3.8) is 0 Å². The molecule has 0 fully saturated rings. The lowest BCUT2D eigenvalue weighted by atomic mass is 9.86. The van der Waals surface area contributed by atoms with E-state index in [1.165, 1.54) is 6.92 Å². The quantitative estimate of drug-likeness (QED) is 0.224. The van der Waals surface area contributed by atoms with Crippen LogP contribution in [0.1, 0.15) is 79.6 Å². The lowest BCUT2D eigenvalue weighted by molar-refractivity contribution is -0.139. The van der Waals surface area contributed by atoms with Gasteiger partial charge in [0.1, 0.15) is 0 Å². The molecular weight excluding hydrogens is 458 g/mol. The Labute approximate surface area is 208 Å². The number of hydrogen-bond donors (Lipinski definition) is 2. The summed E-state index contributed by atoms with van der Waals surface area (Å²) in [7, 11) is 0. The molecule has 0 spiro atoms. The van der Waals surface area contributed by atoms with Crippen LogP contribution in [0, 0.1) is 0 Å². The third kappa shape index (κ3) is 9.21. The number of hydrogen-bond acceptors (Lipinski definition) is 7. The number of carbonyl (C=O) groups excluding carboxylic acids is 3. The Bertz CT molecular complexity index is 725. The molecule has 3 N–H and O–H groups in total. The van der Waals surface area contributed by atoms with Crippen molar-refractivity contribution >= 4 is 35.3 Å². The summed E-state index contributed by atoms with van der Waals surface area (Å²) in [6.45, 7) is 9.61. The predicted molar refractivity (Wildman–Crippen MR) is 134 cm³/mol. The summed E-state index contributed by atoms with van der Waals surface area (Å²) in [5.41, 5.74) is 6.29. The van der Waals surface area contributed by atoms with Crippen LogP contribution in [0.25, 0.3) is 0 Å². The number of esters is 1. The Morgan fingerprint density at radius 3 is 2.35 bits per heavy atom. The third-order valence-corrected chi connectivity index (χ3v) is 5.92. The van der Waals surface area contributed by atoms with E-state index in [0.29, 0.717) is 5.57 Å². The van der Waals surface area contributed by atoms with E-state index in [2.05, 4.69) is 12.2 Å². The first-order chi connectivity index (χ1) is 16.2. The maximum Gasteiger partial charge on any atom is 0.416 e. The zero-order valence-electron chi connectivity index (χ0n) is 21.1. The highest BCUT2D eigenvalue weighted by atomic mass is 32.1. The van der Waals surface area contributed by atoms with Gasteiger partial charge in [-0.1, -0.05) is 40.0 Å². The van der Waals surface area contributed by atoms with E-state index < -0.39 is 30.3 Å². The second-order valence-electron chi connectivity index (χ2n) is 8.33. The lowest BCUT2D eigenvalue weighted by Gasteiger charge is -2.42. The van der Waals surface area contributed by atoms with Gasteiger partial charge < -0.3 is 25.3 Å². The highest BCUT2D eigenvalue weighted by molar-refractivity contribution is 7.80. The summed E-state index contributed by atoms with van der Waals surface area (Å²) in [5, 5.41) is 2.67. The fourth-order valence-corrected chi connectivity index (χ4v) is 4.17. The highest BCUT2D eigenvalue weighted by Crippen LogP contribution is 2.29. The average molecular weight is 500 g/mol. The van der Waals surface area contributed by atoms with Crippen molar-refractivity contribution in [2.24, 2.45) is 5.73 Å². The largest absolute Gasteiger partial charge is 0.463 e. The van der Waals surface area contributed by atoms with Gasteiger partial charge in [0.15, 0.2) is 5.11 Å². The van der Waals surface area contributed by atoms with Gasteiger partial charge in [-0.25, -0.2) is 14.5 Å². The van der Waals surface area contributed by atoms with Crippen LogP contribution < -0.4 is 11.1 Å². The van der Waals surface area contributed by atoms with Crippen LogP contribution in [-0.2, 0) is 23.8 Å². The predicted octanol–water partition coefficient (Wildman–Crippen LogP) is 3.59. The van der Waals surface area contributed by atoms with Gasteiger partial charge in [-0.2, -0.15) is 0 Å². The number of ether oxygens (including phenoxy) is 3. The van der Waals surface area contributed by atoms with E-state index in [1.807, 2.05) is 13.8 Å². The van der Waals surface area contributed by atoms with Crippen molar-refractivity contribution in [1.29, 1.82) is 0 Å². The maximum absolute atomic E-state index is 13.0. The molecule has 194 valence electrons. The molecule has 3 atom stereocenters. The molecule has 34 heavy (non-hydrogen) atoms. The zero-order valence-corrected chi connectivity index (χ0v) is 21.9. The lowest BCUT2D eigenvalue weighted by Crippen LogP contribution is -2.62. The smallest absolute Gasteiger partial charge is 0.416 e. The van der Waals surface area contributed by atoms with Gasteiger partial charge in [0, 0.05) is 18.9 Å². The second-order valence-corrected chi connectivity index (χ2v) is 8.75. The molecule has 0 bridgehead atoms. The summed E-state index contributed by atoms with van der Waals surface area (Å²) >= 11 is 5.20. The Balaban J connectivity index is 3.32. The van der Waals surface area contributed by atoms with Crippen molar-refractivity contribution in [2.45, 2.75) is 104 Å². The van der Waals surface area contributed by atoms with Gasteiger partial charge in [-0.15, -0.1) is 0 Å². The Morgan fingerprint density at radius 2 is 1.82 bits per heavy atom. The van der Waals surface area contributed by atoms with E-state index in [0.717, 1.165) is 43.4 Å². The molecule has 0 aromatic carbocycles. The van der Waals surface area contributed by atoms with E-state index in [-0.39, 0.29) is 36.8 Å². The normalized spacial score (nSPS) is 19.8. The minimum Gasteiger partial charge on any atom is -0.463 e. The van der Waals surface area contributed by atoms with Gasteiger partial charge in [0.05, 0.1) is 37.5 Å². The van der Waals surface area contributed by atoms with E-state index in [4.69, 9.17) is 32.2 Å². The fraction of sp³-hybridized carbons (Fsp3) is 0.750. The zero-order chi connectivity index (χ0) is 25.7. The monoisotopic (exact) mass is 499 g/mol. The molecule has 1 rings (SSSR count). The number of thiocarbonyl (C=S) groups is 1. The molecule has 0 aliphatic heterocycles. The van der Waals surface area contributed by atoms with E-state index >= 15 is 0 Å². The van der Waals surface area contributed by atoms with Crippen LogP contribution in [-0.4, -0.2) is 65.5 Å². The molecule has 1 aliphatic carbocycles. The van der Waals surface area contributed by atoms with Gasteiger partial charge in [0.2, 0.25) is 5.91 Å². The van der Waals surface area contributed by atoms with Gasteiger partial charge in [-0.05, 0) is 44.5 Å². The van der Waals surface area contributed by atoms with Crippen molar-refractivity contribution in [3.05, 3.63) is 11.6 Å². The Hall–Kier alpha value is -2.20. The van der Waals surface area contributed by atoms with Crippen LogP contribution in [0.4, 0.5) is 4.79 Å². The standard InChI is InChI=1S/C24H41N3O6S/c1-6-10-11-12-13-32-24(30)27(23(25)34)19-14-17(22(29)31-9-4)15-20(21(19)26-16(5)28)33-18(7-2)8-3/h15,18-21H,6-14H2,1-5H3,(H2,25,34)(H,26,28)/t19-,20+,21+/m0/s1. The number of nitrogens with two attached hydrogens (primary N) is 1. The summed E-state index contributed by atoms with van der Waals surface area (Å²) in [6.07, 6.45) is 5.49. The highest BCUT2D eigenvalue weighted by Gasteiger charge is 2.43.